The van der Waals surface area contributed by atoms with Gasteiger partial charge >= 0.3 is 0 Å². The van der Waals surface area contributed by atoms with Gasteiger partial charge in [0.1, 0.15) is 5.82 Å². The van der Waals surface area contributed by atoms with E-state index in [-0.39, 0.29) is 0 Å². The topological polar surface area (TPSA) is 37.8 Å². The second-order valence-electron chi connectivity index (χ2n) is 4.30. The molecule has 3 nitrogen and oxygen atoms in total. The molecule has 19 heavy (non-hydrogen) atoms. The highest BCUT2D eigenvalue weighted by Crippen LogP contribution is 2.27. The fourth-order valence-electron chi connectivity index (χ4n) is 1.80. The van der Waals surface area contributed by atoms with E-state index in [2.05, 4.69) is 45.1 Å². The van der Waals surface area contributed by atoms with Crippen molar-refractivity contribution >= 4 is 21.7 Å². The van der Waals surface area contributed by atoms with Crippen molar-refractivity contribution in [3.05, 3.63) is 40.5 Å². The summed E-state index contributed by atoms with van der Waals surface area (Å²) in [6.07, 6.45) is 1.95. The zero-order chi connectivity index (χ0) is 13.7. The minimum Gasteiger partial charge on any atom is -0.369 e. The highest BCUT2D eigenvalue weighted by Gasteiger charge is 2.11. The van der Waals surface area contributed by atoms with Gasteiger partial charge in [0, 0.05) is 12.1 Å². The number of halogens is 1. The van der Waals surface area contributed by atoms with E-state index in [1.165, 1.54) is 0 Å². The van der Waals surface area contributed by atoms with E-state index in [1.54, 1.807) is 0 Å². The number of nitrogens with one attached hydrogen (secondary N) is 1. The highest BCUT2D eigenvalue weighted by molar-refractivity contribution is 9.10. The number of hydrogen-bond donors (Lipinski definition) is 1. The molecule has 0 atom stereocenters. The van der Waals surface area contributed by atoms with Gasteiger partial charge in [0.25, 0.3) is 0 Å². The number of anilines is 1. The standard InChI is InChI=1S/C15H18BrN3/c1-3-10-17-15-13(16)12(4-2)18-14(19-15)11-8-6-5-7-9-11/h5-9H,3-4,10H2,1-2H3,(H,17,18,19). The summed E-state index contributed by atoms with van der Waals surface area (Å²) in [5.41, 5.74) is 2.08. The van der Waals surface area contributed by atoms with Crippen molar-refractivity contribution in [2.24, 2.45) is 0 Å². The van der Waals surface area contributed by atoms with E-state index < -0.39 is 0 Å². The minimum atomic E-state index is 0.777. The van der Waals surface area contributed by atoms with E-state index in [4.69, 9.17) is 0 Å². The summed E-state index contributed by atoms with van der Waals surface area (Å²) in [6, 6.07) is 10.1. The summed E-state index contributed by atoms with van der Waals surface area (Å²) in [7, 11) is 0. The molecule has 0 aliphatic heterocycles. The SMILES string of the molecule is CCCNc1nc(-c2ccccc2)nc(CC)c1Br. The second kappa shape index (κ2) is 6.66. The Hall–Kier alpha value is -1.42. The molecule has 1 heterocycles. The van der Waals surface area contributed by atoms with E-state index in [0.717, 1.165) is 46.8 Å². The van der Waals surface area contributed by atoms with E-state index >= 15 is 0 Å². The van der Waals surface area contributed by atoms with E-state index in [1.807, 2.05) is 30.3 Å². The summed E-state index contributed by atoms with van der Waals surface area (Å²) >= 11 is 3.59. The maximum absolute atomic E-state index is 4.63. The van der Waals surface area contributed by atoms with Crippen molar-refractivity contribution < 1.29 is 0 Å². The summed E-state index contributed by atoms with van der Waals surface area (Å²) in [6.45, 7) is 5.15. The quantitative estimate of drug-likeness (QED) is 0.893. The van der Waals surface area contributed by atoms with Gasteiger partial charge in [-0.2, -0.15) is 0 Å². The van der Waals surface area contributed by atoms with Gasteiger partial charge in [0.05, 0.1) is 10.2 Å². The van der Waals surface area contributed by atoms with Crippen LogP contribution in [-0.4, -0.2) is 16.5 Å². The van der Waals surface area contributed by atoms with Gasteiger partial charge in [-0.3, -0.25) is 0 Å². The van der Waals surface area contributed by atoms with Crippen LogP contribution in [0.2, 0.25) is 0 Å². The molecule has 2 aromatic rings. The van der Waals surface area contributed by atoms with Crippen molar-refractivity contribution in [3.8, 4) is 11.4 Å². The average molecular weight is 320 g/mol. The van der Waals surface area contributed by atoms with Crippen LogP contribution in [0.3, 0.4) is 0 Å². The molecule has 0 radical (unpaired) electrons. The Balaban J connectivity index is 2.45. The molecule has 0 aliphatic rings. The number of hydrogen-bond acceptors (Lipinski definition) is 3. The predicted molar refractivity (Wildman–Crippen MR) is 83.3 cm³/mol. The smallest absolute Gasteiger partial charge is 0.161 e. The lowest BCUT2D eigenvalue weighted by Gasteiger charge is -2.11. The first-order chi connectivity index (χ1) is 9.26. The van der Waals surface area contributed by atoms with Gasteiger partial charge < -0.3 is 5.32 Å². The third-order valence-electron chi connectivity index (χ3n) is 2.83. The Kier molecular flexibility index (Phi) is 4.91. The van der Waals surface area contributed by atoms with Gasteiger partial charge in [-0.25, -0.2) is 9.97 Å². The third kappa shape index (κ3) is 3.32. The molecule has 1 aromatic heterocycles. The van der Waals surface area contributed by atoms with Crippen LogP contribution < -0.4 is 5.32 Å². The molecule has 100 valence electrons. The Bertz CT molecular complexity index is 541. The molecule has 0 aliphatic carbocycles. The van der Waals surface area contributed by atoms with Crippen molar-refractivity contribution in [1.82, 2.24) is 9.97 Å². The summed E-state index contributed by atoms with van der Waals surface area (Å²) in [5.74, 6) is 1.66. The molecular formula is C15H18BrN3. The van der Waals surface area contributed by atoms with Crippen LogP contribution in [-0.2, 0) is 6.42 Å². The number of aryl methyl sites for hydroxylation is 1. The van der Waals surface area contributed by atoms with Crippen LogP contribution >= 0.6 is 15.9 Å². The Morgan fingerprint density at radius 2 is 1.84 bits per heavy atom. The summed E-state index contributed by atoms with van der Waals surface area (Å²) in [4.78, 5) is 9.25. The number of benzene rings is 1. The fraction of sp³-hybridized carbons (Fsp3) is 0.333. The number of nitrogens with zero attached hydrogens (tertiary/aromatic N) is 2. The number of aromatic nitrogens is 2. The fourth-order valence-corrected chi connectivity index (χ4v) is 2.40. The first-order valence-electron chi connectivity index (χ1n) is 6.62. The first-order valence-corrected chi connectivity index (χ1v) is 7.41. The molecule has 0 amide bonds. The normalized spacial score (nSPS) is 10.5. The monoisotopic (exact) mass is 319 g/mol. The number of rotatable bonds is 5. The van der Waals surface area contributed by atoms with Crippen molar-refractivity contribution in [2.75, 3.05) is 11.9 Å². The molecule has 2 rings (SSSR count). The van der Waals surface area contributed by atoms with Crippen LogP contribution in [0.5, 0.6) is 0 Å². The molecule has 0 spiro atoms. The summed E-state index contributed by atoms with van der Waals surface area (Å²) < 4.78 is 0.975. The van der Waals surface area contributed by atoms with Gasteiger partial charge in [-0.1, -0.05) is 44.2 Å². The molecule has 0 bridgehead atoms. The second-order valence-corrected chi connectivity index (χ2v) is 5.10. The van der Waals surface area contributed by atoms with Crippen LogP contribution in [0.1, 0.15) is 26.0 Å². The van der Waals surface area contributed by atoms with Crippen LogP contribution in [0, 0.1) is 0 Å². The molecule has 4 heteroatoms. The molecule has 0 fully saturated rings. The minimum absolute atomic E-state index is 0.777. The van der Waals surface area contributed by atoms with Gasteiger partial charge in [-0.15, -0.1) is 0 Å². The van der Waals surface area contributed by atoms with Crippen molar-refractivity contribution in [2.45, 2.75) is 26.7 Å². The summed E-state index contributed by atoms with van der Waals surface area (Å²) in [5, 5.41) is 3.35. The van der Waals surface area contributed by atoms with Crippen molar-refractivity contribution in [3.63, 3.8) is 0 Å². The molecular weight excluding hydrogens is 302 g/mol. The molecule has 1 N–H and O–H groups in total. The largest absolute Gasteiger partial charge is 0.369 e. The lowest BCUT2D eigenvalue weighted by atomic mass is 10.2. The molecule has 0 saturated heterocycles. The predicted octanol–water partition coefficient (Wildman–Crippen LogP) is 4.29. The maximum atomic E-state index is 4.63. The highest BCUT2D eigenvalue weighted by atomic mass is 79.9. The van der Waals surface area contributed by atoms with Crippen LogP contribution in [0.4, 0.5) is 5.82 Å². The van der Waals surface area contributed by atoms with Gasteiger partial charge in [0.15, 0.2) is 5.82 Å². The third-order valence-corrected chi connectivity index (χ3v) is 3.66. The van der Waals surface area contributed by atoms with E-state index in [0.29, 0.717) is 0 Å². The Morgan fingerprint density at radius 1 is 1.11 bits per heavy atom. The maximum Gasteiger partial charge on any atom is 0.161 e. The van der Waals surface area contributed by atoms with Gasteiger partial charge in [-0.05, 0) is 28.8 Å². The van der Waals surface area contributed by atoms with E-state index in [9.17, 15) is 0 Å². The Labute approximate surface area is 122 Å². The first kappa shape index (κ1) is 14.0. The molecule has 0 saturated carbocycles. The van der Waals surface area contributed by atoms with Gasteiger partial charge in [0.2, 0.25) is 0 Å². The Morgan fingerprint density at radius 3 is 2.47 bits per heavy atom. The lowest BCUT2D eigenvalue weighted by Crippen LogP contribution is -2.07. The van der Waals surface area contributed by atoms with Crippen molar-refractivity contribution in [1.29, 1.82) is 0 Å². The molecule has 0 unspecified atom stereocenters. The van der Waals surface area contributed by atoms with Crippen LogP contribution in [0.25, 0.3) is 11.4 Å². The zero-order valence-electron chi connectivity index (χ0n) is 11.3. The van der Waals surface area contributed by atoms with Crippen LogP contribution in [0.15, 0.2) is 34.8 Å². The zero-order valence-corrected chi connectivity index (χ0v) is 12.9. The average Bonchev–Trinajstić information content (AvgIpc) is 2.47. The lowest BCUT2D eigenvalue weighted by molar-refractivity contribution is 0.944. The molecule has 1 aromatic carbocycles.